The second kappa shape index (κ2) is 60.9. The van der Waals surface area contributed by atoms with Crippen LogP contribution in [0.15, 0.2) is 60.8 Å². The van der Waals surface area contributed by atoms with Crippen LogP contribution >= 0.6 is 7.82 Å². The average molecular weight is 1070 g/mol. The van der Waals surface area contributed by atoms with Gasteiger partial charge in [-0.3, -0.25) is 18.6 Å². The molecule has 2 unspecified atom stereocenters. The number of esters is 2. The van der Waals surface area contributed by atoms with Crippen LogP contribution in [-0.4, -0.2) is 49.3 Å². The molecule has 0 fully saturated rings. The molecule has 75 heavy (non-hydrogen) atoms. The van der Waals surface area contributed by atoms with E-state index in [4.69, 9.17) is 24.3 Å². The van der Waals surface area contributed by atoms with Gasteiger partial charge in [-0.2, -0.15) is 0 Å². The Balaban J connectivity index is 3.71. The monoisotopic (exact) mass is 1070 g/mol. The largest absolute Gasteiger partial charge is 0.472 e. The van der Waals surface area contributed by atoms with E-state index < -0.39 is 26.5 Å². The Bertz CT molecular complexity index is 1410. The number of ether oxygens (including phenoxy) is 2. The molecule has 0 aromatic rings. The second-order valence-electron chi connectivity index (χ2n) is 21.2. The highest BCUT2D eigenvalue weighted by Gasteiger charge is 2.26. The van der Waals surface area contributed by atoms with Crippen molar-refractivity contribution in [1.29, 1.82) is 0 Å². The van der Waals surface area contributed by atoms with Crippen molar-refractivity contribution in [2.24, 2.45) is 5.73 Å². The first kappa shape index (κ1) is 72.7. The van der Waals surface area contributed by atoms with Crippen molar-refractivity contribution in [1.82, 2.24) is 0 Å². The van der Waals surface area contributed by atoms with E-state index in [1.165, 1.54) is 199 Å². The maximum absolute atomic E-state index is 12.7. The van der Waals surface area contributed by atoms with Crippen molar-refractivity contribution < 1.29 is 37.6 Å². The molecule has 0 amide bonds. The van der Waals surface area contributed by atoms with Crippen molar-refractivity contribution >= 4 is 19.8 Å². The zero-order valence-corrected chi connectivity index (χ0v) is 49.9. The third-order valence-electron chi connectivity index (χ3n) is 13.9. The van der Waals surface area contributed by atoms with Crippen molar-refractivity contribution in [3.63, 3.8) is 0 Å². The lowest BCUT2D eigenvalue weighted by Crippen LogP contribution is -2.29. The van der Waals surface area contributed by atoms with E-state index >= 15 is 0 Å². The molecule has 0 radical (unpaired) electrons. The van der Waals surface area contributed by atoms with Gasteiger partial charge in [0.1, 0.15) is 6.61 Å². The summed E-state index contributed by atoms with van der Waals surface area (Å²) in [5.74, 6) is -0.825. The summed E-state index contributed by atoms with van der Waals surface area (Å²) in [6.45, 7) is 3.64. The maximum Gasteiger partial charge on any atom is 0.472 e. The van der Waals surface area contributed by atoms with Crippen LogP contribution < -0.4 is 5.73 Å². The summed E-state index contributed by atoms with van der Waals surface area (Å²) in [6, 6.07) is 0. The molecule has 438 valence electrons. The molecule has 0 aromatic carbocycles. The molecular weight excluding hydrogens is 954 g/mol. The van der Waals surface area contributed by atoms with Crippen LogP contribution in [0.2, 0.25) is 0 Å². The van der Waals surface area contributed by atoms with E-state index in [2.05, 4.69) is 74.6 Å². The SMILES string of the molecule is CC/C=C\C/C=C\C/C=C\C/C=C\CCCCCCCCCCCCCCCCCCCCCCCCCCCCCCC(=O)OC(COC(=O)CCCCCCC/C=C\CCCCCC)COP(=O)(O)OCCN. The number of unbranched alkanes of at least 4 members (excludes halogenated alkanes) is 37. The molecule has 0 rings (SSSR count). The molecule has 10 heteroatoms. The first-order valence-corrected chi connectivity index (χ1v) is 33.3. The molecule has 2 atom stereocenters. The highest BCUT2D eigenvalue weighted by molar-refractivity contribution is 7.47. The zero-order valence-electron chi connectivity index (χ0n) is 49.0. The summed E-state index contributed by atoms with van der Waals surface area (Å²) >= 11 is 0. The molecule has 9 nitrogen and oxygen atoms in total. The lowest BCUT2D eigenvalue weighted by atomic mass is 10.0. The summed E-state index contributed by atoms with van der Waals surface area (Å²) in [7, 11) is -4.38. The van der Waals surface area contributed by atoms with Gasteiger partial charge in [0.15, 0.2) is 6.10 Å². The van der Waals surface area contributed by atoms with Crippen LogP contribution in [-0.2, 0) is 32.7 Å². The Morgan fingerprint density at radius 2 is 0.733 bits per heavy atom. The van der Waals surface area contributed by atoms with E-state index in [1.807, 2.05) is 0 Å². The number of hydrogen-bond acceptors (Lipinski definition) is 8. The van der Waals surface area contributed by atoms with Crippen LogP contribution in [0.4, 0.5) is 0 Å². The highest BCUT2D eigenvalue weighted by Crippen LogP contribution is 2.43. The minimum atomic E-state index is -4.38. The van der Waals surface area contributed by atoms with Gasteiger partial charge in [0.2, 0.25) is 0 Å². The lowest BCUT2D eigenvalue weighted by Gasteiger charge is -2.19. The van der Waals surface area contributed by atoms with Gasteiger partial charge in [-0.15, -0.1) is 0 Å². The minimum Gasteiger partial charge on any atom is -0.462 e. The Labute approximate surface area is 463 Å². The second-order valence-corrected chi connectivity index (χ2v) is 22.7. The first-order chi connectivity index (χ1) is 36.8. The normalized spacial score (nSPS) is 13.4. The first-order valence-electron chi connectivity index (χ1n) is 31.8. The van der Waals surface area contributed by atoms with Gasteiger partial charge in [-0.05, 0) is 77.0 Å². The lowest BCUT2D eigenvalue weighted by molar-refractivity contribution is -0.161. The standard InChI is InChI=1S/C65H120NO8P/c1-3-5-7-9-11-13-15-17-18-19-20-21-22-23-24-25-26-27-28-29-30-31-32-33-34-35-36-37-38-39-40-41-42-43-44-46-48-50-52-54-56-58-65(68)74-63(62-73-75(69,70)72-60-59-66)61-71-64(67)57-55-53-51-49-47-45-16-14-12-10-8-6-4-2/h5,7,11,13-14,16-18,20-21,63H,3-4,6,8-10,12,15,19,22-62,66H2,1-2H3,(H,69,70)/b7-5-,13-11-,16-14-,18-17-,21-20-. The third-order valence-corrected chi connectivity index (χ3v) is 14.9. The Hall–Kier alpha value is -2.29. The van der Waals surface area contributed by atoms with Crippen molar-refractivity contribution in [3.8, 4) is 0 Å². The van der Waals surface area contributed by atoms with Gasteiger partial charge in [0, 0.05) is 19.4 Å². The van der Waals surface area contributed by atoms with Gasteiger partial charge in [-0.1, -0.05) is 280 Å². The van der Waals surface area contributed by atoms with Crippen molar-refractivity contribution in [3.05, 3.63) is 60.8 Å². The molecule has 0 aliphatic carbocycles. The number of allylic oxidation sites excluding steroid dienone is 10. The number of carbonyl (C=O) groups excluding carboxylic acids is 2. The number of carbonyl (C=O) groups is 2. The average Bonchev–Trinajstić information content (AvgIpc) is 3.40. The summed E-state index contributed by atoms with van der Waals surface area (Å²) in [5, 5.41) is 0. The summed E-state index contributed by atoms with van der Waals surface area (Å²) < 4.78 is 33.0. The van der Waals surface area contributed by atoms with Gasteiger partial charge < -0.3 is 20.1 Å². The Morgan fingerprint density at radius 3 is 1.11 bits per heavy atom. The van der Waals surface area contributed by atoms with Crippen LogP contribution in [0.25, 0.3) is 0 Å². The van der Waals surface area contributed by atoms with E-state index in [0.717, 1.165) is 77.0 Å². The van der Waals surface area contributed by atoms with Crippen LogP contribution in [0.3, 0.4) is 0 Å². The van der Waals surface area contributed by atoms with Gasteiger partial charge >= 0.3 is 19.8 Å². The van der Waals surface area contributed by atoms with Gasteiger partial charge in [0.05, 0.1) is 13.2 Å². The minimum absolute atomic E-state index is 0.0535. The fourth-order valence-corrected chi connectivity index (χ4v) is 9.98. The van der Waals surface area contributed by atoms with Crippen molar-refractivity contribution in [2.75, 3.05) is 26.4 Å². The fourth-order valence-electron chi connectivity index (χ4n) is 9.21. The van der Waals surface area contributed by atoms with Gasteiger partial charge in [-0.25, -0.2) is 4.57 Å². The van der Waals surface area contributed by atoms with E-state index in [9.17, 15) is 19.0 Å². The van der Waals surface area contributed by atoms with Crippen molar-refractivity contribution in [2.45, 2.75) is 315 Å². The number of hydrogen-bond donors (Lipinski definition) is 2. The van der Waals surface area contributed by atoms with Crippen LogP contribution in [0.1, 0.15) is 309 Å². The molecule has 0 aliphatic rings. The zero-order chi connectivity index (χ0) is 54.5. The van der Waals surface area contributed by atoms with Gasteiger partial charge in [0.25, 0.3) is 0 Å². The smallest absolute Gasteiger partial charge is 0.462 e. The van der Waals surface area contributed by atoms with E-state index in [0.29, 0.717) is 6.42 Å². The Kier molecular flexibility index (Phi) is 59.1. The topological polar surface area (TPSA) is 134 Å². The number of phosphoric ester groups is 1. The summed E-state index contributed by atoms with van der Waals surface area (Å²) in [5.41, 5.74) is 5.38. The predicted molar refractivity (Wildman–Crippen MR) is 321 cm³/mol. The molecule has 0 saturated carbocycles. The number of nitrogens with two attached hydrogens (primary N) is 1. The maximum atomic E-state index is 12.7. The predicted octanol–water partition coefficient (Wildman–Crippen LogP) is 20.3. The fraction of sp³-hybridized carbons (Fsp3) is 0.815. The van der Waals surface area contributed by atoms with E-state index in [1.54, 1.807) is 0 Å². The number of rotatable bonds is 60. The number of phosphoric acid groups is 1. The molecule has 0 aromatic heterocycles. The molecular formula is C65H120NO8P. The molecule has 0 heterocycles. The highest BCUT2D eigenvalue weighted by atomic mass is 31.2. The van der Waals surface area contributed by atoms with Crippen LogP contribution in [0.5, 0.6) is 0 Å². The molecule has 3 N–H and O–H groups in total. The molecule has 0 spiro atoms. The Morgan fingerprint density at radius 1 is 0.413 bits per heavy atom. The van der Waals surface area contributed by atoms with E-state index in [-0.39, 0.29) is 38.6 Å². The quantitative estimate of drug-likeness (QED) is 0.0264. The summed E-state index contributed by atoms with van der Waals surface area (Å²) in [6.07, 6.45) is 77.6. The molecule has 0 bridgehead atoms. The summed E-state index contributed by atoms with van der Waals surface area (Å²) in [4.78, 5) is 35.1. The molecule has 0 aliphatic heterocycles. The van der Waals surface area contributed by atoms with Crippen LogP contribution in [0, 0.1) is 0 Å². The third kappa shape index (κ3) is 60.8. The molecule has 0 saturated heterocycles.